The lowest BCUT2D eigenvalue weighted by Crippen LogP contribution is -2.47. The Morgan fingerprint density at radius 2 is 2.45 bits per heavy atom. The van der Waals surface area contributed by atoms with Gasteiger partial charge in [0.1, 0.15) is 0 Å². The summed E-state index contributed by atoms with van der Waals surface area (Å²) in [5.41, 5.74) is 2.17. The van der Waals surface area contributed by atoms with Crippen LogP contribution in [0.4, 0.5) is 5.69 Å². The smallest absolute Gasteiger partial charge is 0.174 e. The van der Waals surface area contributed by atoms with Gasteiger partial charge in [-0.25, -0.2) is 0 Å². The fourth-order valence-corrected chi connectivity index (χ4v) is 3.66. The Hall–Kier alpha value is -1.50. The maximum absolute atomic E-state index is 9.60. The summed E-state index contributed by atoms with van der Waals surface area (Å²) < 4.78 is 0. The Balaban J connectivity index is 1.77. The maximum atomic E-state index is 9.60. The van der Waals surface area contributed by atoms with Gasteiger partial charge in [0.25, 0.3) is 0 Å². The summed E-state index contributed by atoms with van der Waals surface area (Å²) in [6, 6.07) is 5.96. The van der Waals surface area contributed by atoms with E-state index < -0.39 is 0 Å². The number of hydrogen-bond donors (Lipinski definition) is 2. The van der Waals surface area contributed by atoms with E-state index in [1.165, 1.54) is 10.4 Å². The highest BCUT2D eigenvalue weighted by molar-refractivity contribution is 7.80. The van der Waals surface area contributed by atoms with E-state index >= 15 is 0 Å². The van der Waals surface area contributed by atoms with E-state index in [-0.39, 0.29) is 12.6 Å². The minimum absolute atomic E-state index is 0.0396. The summed E-state index contributed by atoms with van der Waals surface area (Å²) in [5.74, 6) is 0. The number of thiocarbonyl (C=S) groups is 1. The second-order valence-electron chi connectivity index (χ2n) is 4.71. The quantitative estimate of drug-likeness (QED) is 0.834. The number of aliphatic hydroxyl groups is 1. The summed E-state index contributed by atoms with van der Waals surface area (Å²) in [6.07, 6.45) is 4.31. The second kappa shape index (κ2) is 5.87. The molecule has 0 saturated carbocycles. The zero-order chi connectivity index (χ0) is 13.9. The van der Waals surface area contributed by atoms with Crippen molar-refractivity contribution in [2.24, 2.45) is 0 Å². The molecule has 1 aliphatic rings. The van der Waals surface area contributed by atoms with E-state index in [1.54, 1.807) is 23.7 Å². The molecule has 0 radical (unpaired) electrons. The van der Waals surface area contributed by atoms with Crippen LogP contribution in [0.2, 0.25) is 0 Å². The SMILES string of the molecule is OCC1Cc2sccc2CN1C(=S)Nc1cccnc1. The third-order valence-corrected chi connectivity index (χ3v) is 4.75. The Morgan fingerprint density at radius 3 is 3.20 bits per heavy atom. The highest BCUT2D eigenvalue weighted by atomic mass is 32.1. The van der Waals surface area contributed by atoms with Crippen molar-refractivity contribution in [3.8, 4) is 0 Å². The first-order chi connectivity index (χ1) is 9.78. The molecular weight excluding hydrogens is 290 g/mol. The van der Waals surface area contributed by atoms with Crippen LogP contribution in [0, 0.1) is 0 Å². The van der Waals surface area contributed by atoms with Crippen molar-refractivity contribution in [3.05, 3.63) is 46.4 Å². The highest BCUT2D eigenvalue weighted by Crippen LogP contribution is 2.28. The molecule has 0 aromatic carbocycles. The van der Waals surface area contributed by atoms with Crippen LogP contribution in [-0.4, -0.2) is 32.8 Å². The number of aromatic nitrogens is 1. The molecule has 0 saturated heterocycles. The molecule has 2 aromatic rings. The van der Waals surface area contributed by atoms with Crippen LogP contribution in [-0.2, 0) is 13.0 Å². The molecule has 4 nitrogen and oxygen atoms in total. The van der Waals surface area contributed by atoms with E-state index in [4.69, 9.17) is 12.2 Å². The van der Waals surface area contributed by atoms with Crippen LogP contribution in [0.25, 0.3) is 0 Å². The number of rotatable bonds is 2. The zero-order valence-electron chi connectivity index (χ0n) is 10.8. The lowest BCUT2D eigenvalue weighted by Gasteiger charge is -2.36. The van der Waals surface area contributed by atoms with Gasteiger partial charge in [-0.1, -0.05) is 0 Å². The first-order valence-corrected chi connectivity index (χ1v) is 7.70. The van der Waals surface area contributed by atoms with Crippen molar-refractivity contribution in [2.45, 2.75) is 19.0 Å². The van der Waals surface area contributed by atoms with Gasteiger partial charge in [-0.2, -0.15) is 0 Å². The molecule has 3 heterocycles. The van der Waals surface area contributed by atoms with Crippen molar-refractivity contribution in [2.75, 3.05) is 11.9 Å². The molecule has 1 unspecified atom stereocenters. The molecule has 1 atom stereocenters. The van der Waals surface area contributed by atoms with Crippen LogP contribution < -0.4 is 5.32 Å². The van der Waals surface area contributed by atoms with Crippen molar-refractivity contribution in [3.63, 3.8) is 0 Å². The monoisotopic (exact) mass is 305 g/mol. The Bertz CT molecular complexity index is 599. The summed E-state index contributed by atoms with van der Waals surface area (Å²) >= 11 is 7.23. The number of aliphatic hydroxyl groups excluding tert-OH is 1. The predicted molar refractivity (Wildman–Crippen MR) is 84.9 cm³/mol. The number of anilines is 1. The fraction of sp³-hybridized carbons (Fsp3) is 0.286. The van der Waals surface area contributed by atoms with Gasteiger partial charge >= 0.3 is 0 Å². The lowest BCUT2D eigenvalue weighted by molar-refractivity contribution is 0.169. The van der Waals surface area contributed by atoms with Gasteiger partial charge in [-0.15, -0.1) is 11.3 Å². The molecule has 0 bridgehead atoms. The molecule has 1 aliphatic heterocycles. The van der Waals surface area contributed by atoms with Gasteiger partial charge in [0.2, 0.25) is 0 Å². The third-order valence-electron chi connectivity index (χ3n) is 3.42. The molecule has 2 N–H and O–H groups in total. The van der Waals surface area contributed by atoms with Crippen LogP contribution in [0.1, 0.15) is 10.4 Å². The summed E-state index contributed by atoms with van der Waals surface area (Å²) in [6.45, 7) is 0.850. The van der Waals surface area contributed by atoms with Crippen molar-refractivity contribution in [1.29, 1.82) is 0 Å². The fourth-order valence-electron chi connectivity index (χ4n) is 2.36. The van der Waals surface area contributed by atoms with E-state index in [0.717, 1.165) is 18.7 Å². The summed E-state index contributed by atoms with van der Waals surface area (Å²) in [7, 11) is 0. The number of nitrogens with one attached hydrogen (secondary N) is 1. The van der Waals surface area contributed by atoms with Crippen LogP contribution in [0.5, 0.6) is 0 Å². The minimum atomic E-state index is 0.0396. The largest absolute Gasteiger partial charge is 0.394 e. The van der Waals surface area contributed by atoms with Crippen LogP contribution >= 0.6 is 23.6 Å². The van der Waals surface area contributed by atoms with Crippen molar-refractivity contribution in [1.82, 2.24) is 9.88 Å². The number of thiophene rings is 1. The van der Waals surface area contributed by atoms with Gasteiger partial charge in [-0.3, -0.25) is 4.98 Å². The molecule has 2 aromatic heterocycles. The average molecular weight is 305 g/mol. The molecule has 0 amide bonds. The standard InChI is InChI=1S/C14H15N3OS2/c18-9-12-6-13-10(3-5-20-13)8-17(12)14(19)16-11-2-1-4-15-7-11/h1-5,7,12,18H,6,8-9H2,(H,16,19). The predicted octanol–water partition coefficient (Wildman–Crippen LogP) is 2.26. The van der Waals surface area contributed by atoms with Gasteiger partial charge in [0.05, 0.1) is 24.5 Å². The normalized spacial score (nSPS) is 17.6. The van der Waals surface area contributed by atoms with Gasteiger partial charge < -0.3 is 15.3 Å². The Morgan fingerprint density at radius 1 is 1.55 bits per heavy atom. The van der Waals surface area contributed by atoms with Crippen LogP contribution in [0.15, 0.2) is 36.0 Å². The highest BCUT2D eigenvalue weighted by Gasteiger charge is 2.28. The molecule has 0 aliphatic carbocycles. The number of hydrogen-bond acceptors (Lipinski definition) is 4. The number of fused-ring (bicyclic) bond motifs is 1. The minimum Gasteiger partial charge on any atom is -0.394 e. The number of pyridine rings is 1. The Kier molecular flexibility index (Phi) is 3.95. The van der Waals surface area contributed by atoms with E-state index in [1.807, 2.05) is 12.1 Å². The zero-order valence-corrected chi connectivity index (χ0v) is 12.5. The third kappa shape index (κ3) is 2.67. The first kappa shape index (κ1) is 13.5. The van der Waals surface area contributed by atoms with Crippen LogP contribution in [0.3, 0.4) is 0 Å². The molecule has 3 rings (SSSR count). The molecular formula is C14H15N3OS2. The molecule has 0 spiro atoms. The molecule has 104 valence electrons. The van der Waals surface area contributed by atoms with E-state index in [9.17, 15) is 5.11 Å². The molecule has 6 heteroatoms. The maximum Gasteiger partial charge on any atom is 0.174 e. The lowest BCUT2D eigenvalue weighted by atomic mass is 10.0. The second-order valence-corrected chi connectivity index (χ2v) is 6.10. The summed E-state index contributed by atoms with van der Waals surface area (Å²) in [5, 5.41) is 15.5. The van der Waals surface area contributed by atoms with E-state index in [0.29, 0.717) is 5.11 Å². The van der Waals surface area contributed by atoms with Gasteiger partial charge in [0.15, 0.2) is 5.11 Å². The average Bonchev–Trinajstić information content (AvgIpc) is 2.94. The summed E-state index contributed by atoms with van der Waals surface area (Å²) in [4.78, 5) is 7.47. The topological polar surface area (TPSA) is 48.4 Å². The number of nitrogens with zero attached hydrogens (tertiary/aromatic N) is 2. The molecule has 20 heavy (non-hydrogen) atoms. The first-order valence-electron chi connectivity index (χ1n) is 6.41. The molecule has 0 fully saturated rings. The van der Waals surface area contributed by atoms with Crippen molar-refractivity contribution >= 4 is 34.4 Å². The Labute approximate surface area is 127 Å². The van der Waals surface area contributed by atoms with Gasteiger partial charge in [-0.05, 0) is 41.4 Å². The van der Waals surface area contributed by atoms with Crippen molar-refractivity contribution < 1.29 is 5.11 Å². The van der Waals surface area contributed by atoms with E-state index in [2.05, 4.69) is 26.6 Å². The van der Waals surface area contributed by atoms with Gasteiger partial charge in [0, 0.05) is 24.0 Å².